The van der Waals surface area contributed by atoms with Crippen LogP contribution in [0.3, 0.4) is 0 Å². The molecule has 0 aliphatic carbocycles. The second kappa shape index (κ2) is 8.88. The molecular weight excluding hydrogens is 406 g/mol. The van der Waals surface area contributed by atoms with Gasteiger partial charge in [-0.1, -0.05) is 6.08 Å². The van der Waals surface area contributed by atoms with Gasteiger partial charge < -0.3 is 9.72 Å². The van der Waals surface area contributed by atoms with Crippen LogP contribution in [0.2, 0.25) is 0 Å². The van der Waals surface area contributed by atoms with Gasteiger partial charge >= 0.3 is 0 Å². The summed E-state index contributed by atoms with van der Waals surface area (Å²) in [5, 5.41) is 0. The van der Waals surface area contributed by atoms with Crippen LogP contribution < -0.4 is 5.56 Å². The molecule has 1 aromatic heterocycles. The van der Waals surface area contributed by atoms with E-state index in [0.29, 0.717) is 18.5 Å². The fourth-order valence-corrected chi connectivity index (χ4v) is 5.49. The Hall–Kier alpha value is -1.59. The molecule has 0 amide bonds. The number of nitrogens with zero attached hydrogens (tertiary/aromatic N) is 4. The van der Waals surface area contributed by atoms with Crippen molar-refractivity contribution in [1.82, 2.24) is 23.5 Å². The number of ether oxygens (including phenoxy) is 1. The number of nitrogens with one attached hydrogen (secondary N) is 1. The summed E-state index contributed by atoms with van der Waals surface area (Å²) in [5.41, 5.74) is 2.36. The molecule has 3 aliphatic rings. The van der Waals surface area contributed by atoms with Crippen molar-refractivity contribution in [3.63, 3.8) is 0 Å². The van der Waals surface area contributed by atoms with Crippen LogP contribution in [-0.2, 0) is 27.9 Å². The Balaban J connectivity index is 1.42. The van der Waals surface area contributed by atoms with Crippen molar-refractivity contribution in [2.75, 3.05) is 53.5 Å². The van der Waals surface area contributed by atoms with E-state index in [0.717, 1.165) is 63.6 Å². The molecule has 1 fully saturated rings. The van der Waals surface area contributed by atoms with Crippen LogP contribution in [-0.4, -0.2) is 85.4 Å². The Morgan fingerprint density at radius 1 is 1.27 bits per heavy atom. The Kier molecular flexibility index (Phi) is 6.40. The number of aromatic nitrogens is 2. The van der Waals surface area contributed by atoms with Crippen LogP contribution in [0, 0.1) is 0 Å². The van der Waals surface area contributed by atoms with E-state index in [1.807, 2.05) is 0 Å². The molecule has 0 saturated carbocycles. The van der Waals surface area contributed by atoms with Crippen molar-refractivity contribution >= 4 is 10.2 Å². The van der Waals surface area contributed by atoms with E-state index >= 15 is 0 Å². The number of piperidine rings is 1. The molecule has 1 aromatic rings. The monoisotopic (exact) mass is 437 g/mol. The largest absolute Gasteiger partial charge is 0.377 e. The van der Waals surface area contributed by atoms with Gasteiger partial charge in [-0.2, -0.15) is 17.0 Å². The van der Waals surface area contributed by atoms with Crippen molar-refractivity contribution in [3.8, 4) is 0 Å². The number of hydrogen-bond acceptors (Lipinski definition) is 6. The molecule has 10 heteroatoms. The van der Waals surface area contributed by atoms with Gasteiger partial charge in [-0.3, -0.25) is 9.69 Å². The molecule has 3 aliphatic heterocycles. The van der Waals surface area contributed by atoms with Gasteiger partial charge in [0.05, 0.1) is 24.5 Å². The molecule has 4 rings (SSSR count). The fraction of sp³-hybridized carbons (Fsp3) is 0.700. The summed E-state index contributed by atoms with van der Waals surface area (Å²) in [5.74, 6) is 0.988. The summed E-state index contributed by atoms with van der Waals surface area (Å²) >= 11 is 0. The molecule has 9 nitrogen and oxygen atoms in total. The lowest BCUT2D eigenvalue weighted by molar-refractivity contribution is 0.137. The summed E-state index contributed by atoms with van der Waals surface area (Å²) in [6, 6.07) is 0. The molecule has 0 radical (unpaired) electrons. The van der Waals surface area contributed by atoms with Crippen LogP contribution in [0.25, 0.3) is 0 Å². The SMILES string of the molecule is CN(C)S(=O)(=O)N1CCc2nc(C3CCN(CC4=CCCOC4)CC3)[nH]c(=O)c2C1. The summed E-state index contributed by atoms with van der Waals surface area (Å²) in [6.07, 6.45) is 5.66. The zero-order valence-electron chi connectivity index (χ0n) is 17.8. The number of H-pyrrole nitrogens is 1. The average molecular weight is 438 g/mol. The molecule has 1 saturated heterocycles. The smallest absolute Gasteiger partial charge is 0.281 e. The number of rotatable bonds is 5. The minimum Gasteiger partial charge on any atom is -0.377 e. The van der Waals surface area contributed by atoms with Crippen LogP contribution in [0.4, 0.5) is 0 Å². The Bertz CT molecular complexity index is 964. The fourth-order valence-electron chi connectivity index (χ4n) is 4.41. The normalized spacial score (nSPS) is 22.2. The lowest BCUT2D eigenvalue weighted by Gasteiger charge is -2.33. The van der Waals surface area contributed by atoms with Gasteiger partial charge in [-0.15, -0.1) is 0 Å². The summed E-state index contributed by atoms with van der Waals surface area (Å²) in [4.78, 5) is 22.9. The highest BCUT2D eigenvalue weighted by Crippen LogP contribution is 2.27. The van der Waals surface area contributed by atoms with Crippen LogP contribution in [0.5, 0.6) is 0 Å². The summed E-state index contributed by atoms with van der Waals surface area (Å²) in [7, 11) is -0.540. The second-order valence-corrected chi connectivity index (χ2v) is 10.6. The summed E-state index contributed by atoms with van der Waals surface area (Å²) in [6.45, 7) is 4.88. The van der Waals surface area contributed by atoms with Crippen molar-refractivity contribution in [3.05, 3.63) is 39.1 Å². The van der Waals surface area contributed by atoms with Gasteiger partial charge in [0, 0.05) is 46.1 Å². The molecule has 0 unspecified atom stereocenters. The molecule has 0 atom stereocenters. The Morgan fingerprint density at radius 3 is 2.70 bits per heavy atom. The van der Waals surface area contributed by atoms with E-state index in [1.165, 1.54) is 28.3 Å². The molecular formula is C20H31N5O4S. The first-order valence-electron chi connectivity index (χ1n) is 10.6. The number of fused-ring (bicyclic) bond motifs is 1. The van der Waals surface area contributed by atoms with Gasteiger partial charge in [0.15, 0.2) is 0 Å². The quantitative estimate of drug-likeness (QED) is 0.672. The van der Waals surface area contributed by atoms with Gasteiger partial charge in [-0.05, 0) is 37.9 Å². The molecule has 0 bridgehead atoms. The van der Waals surface area contributed by atoms with Crippen molar-refractivity contribution in [2.24, 2.45) is 0 Å². The first-order valence-corrected chi connectivity index (χ1v) is 12.0. The lowest BCUT2D eigenvalue weighted by Crippen LogP contribution is -2.45. The third-order valence-electron chi connectivity index (χ3n) is 6.22. The molecule has 0 spiro atoms. The molecule has 166 valence electrons. The third-order valence-corrected chi connectivity index (χ3v) is 8.11. The first kappa shape index (κ1) is 21.6. The van der Waals surface area contributed by atoms with Gasteiger partial charge in [0.1, 0.15) is 5.82 Å². The highest BCUT2D eigenvalue weighted by atomic mass is 32.2. The maximum Gasteiger partial charge on any atom is 0.281 e. The summed E-state index contributed by atoms with van der Waals surface area (Å²) < 4.78 is 32.8. The number of likely N-dealkylation sites (tertiary alicyclic amines) is 1. The maximum absolute atomic E-state index is 12.7. The zero-order valence-corrected chi connectivity index (χ0v) is 18.6. The van der Waals surface area contributed by atoms with Crippen LogP contribution >= 0.6 is 0 Å². The van der Waals surface area contributed by atoms with E-state index in [4.69, 9.17) is 9.72 Å². The van der Waals surface area contributed by atoms with Crippen LogP contribution in [0.1, 0.15) is 42.3 Å². The Labute approximate surface area is 177 Å². The van der Waals surface area contributed by atoms with Gasteiger partial charge in [0.25, 0.3) is 15.8 Å². The maximum atomic E-state index is 12.7. The lowest BCUT2D eigenvalue weighted by atomic mass is 9.95. The van der Waals surface area contributed by atoms with Crippen molar-refractivity contribution < 1.29 is 13.2 Å². The van der Waals surface area contributed by atoms with Gasteiger partial charge in [0.2, 0.25) is 0 Å². The predicted molar refractivity (Wildman–Crippen MR) is 114 cm³/mol. The zero-order chi connectivity index (χ0) is 21.3. The molecule has 1 N–H and O–H groups in total. The number of aromatic amines is 1. The average Bonchev–Trinajstić information content (AvgIpc) is 2.74. The van der Waals surface area contributed by atoms with Crippen molar-refractivity contribution in [1.29, 1.82) is 0 Å². The third kappa shape index (κ3) is 4.52. The highest BCUT2D eigenvalue weighted by Gasteiger charge is 2.32. The standard InChI is InChI=1S/C20H31N5O4S/c1-23(2)30(27,28)25-10-7-18-17(13-25)20(26)22-19(21-18)16-5-8-24(9-6-16)12-15-4-3-11-29-14-15/h4,16H,3,5-14H2,1-2H3,(H,21,22,26). The minimum atomic E-state index is -3.54. The van der Waals surface area contributed by atoms with E-state index in [1.54, 1.807) is 0 Å². The first-order chi connectivity index (χ1) is 14.3. The number of hydrogen-bond donors (Lipinski definition) is 1. The Morgan fingerprint density at radius 2 is 2.03 bits per heavy atom. The van der Waals surface area contributed by atoms with E-state index in [9.17, 15) is 13.2 Å². The van der Waals surface area contributed by atoms with Crippen molar-refractivity contribution in [2.45, 2.75) is 38.1 Å². The minimum absolute atomic E-state index is 0.0775. The highest BCUT2D eigenvalue weighted by molar-refractivity contribution is 7.86. The molecule has 30 heavy (non-hydrogen) atoms. The van der Waals surface area contributed by atoms with E-state index in [-0.39, 0.29) is 18.0 Å². The van der Waals surface area contributed by atoms with Gasteiger partial charge in [-0.25, -0.2) is 4.98 Å². The topological polar surface area (TPSA) is 98.8 Å². The van der Waals surface area contributed by atoms with E-state index < -0.39 is 10.2 Å². The molecule has 4 heterocycles. The van der Waals surface area contributed by atoms with E-state index in [2.05, 4.69) is 16.0 Å². The predicted octanol–water partition coefficient (Wildman–Crippen LogP) is 0.461. The molecule has 0 aromatic carbocycles. The second-order valence-electron chi connectivity index (χ2n) is 8.50. The van der Waals surface area contributed by atoms with Crippen LogP contribution in [0.15, 0.2) is 16.4 Å².